The first-order valence-corrected chi connectivity index (χ1v) is 10.1. The Labute approximate surface area is 174 Å². The van der Waals surface area contributed by atoms with Crippen molar-refractivity contribution in [3.8, 4) is 11.8 Å². The van der Waals surface area contributed by atoms with Gasteiger partial charge in [-0.3, -0.25) is 9.13 Å². The lowest BCUT2D eigenvalue weighted by atomic mass is 10.1. The zero-order valence-corrected chi connectivity index (χ0v) is 17.3. The molecule has 7 heteroatoms. The average Bonchev–Trinajstić information content (AvgIpc) is 3.00. The van der Waals surface area contributed by atoms with Crippen LogP contribution in [0, 0.1) is 11.3 Å². The van der Waals surface area contributed by atoms with Crippen LogP contribution in [0.4, 0.5) is 0 Å². The minimum absolute atomic E-state index is 0.0448. The maximum absolute atomic E-state index is 13.5. The van der Waals surface area contributed by atoms with Crippen molar-refractivity contribution in [3.05, 3.63) is 63.0 Å². The Morgan fingerprint density at radius 3 is 2.59 bits per heavy atom. The lowest BCUT2D eigenvalue weighted by Crippen LogP contribution is -2.36. The highest BCUT2D eigenvalue weighted by Gasteiger charge is 2.24. The van der Waals surface area contributed by atoms with Gasteiger partial charge in [-0.05, 0) is 68.9 Å². The number of hydrogen-bond donors (Lipinski definition) is 0. The summed E-state index contributed by atoms with van der Waals surface area (Å²) < 4.78 is 8.88. The van der Waals surface area contributed by atoms with E-state index >= 15 is 0 Å². The number of nitriles is 1. The Bertz CT molecular complexity index is 1150. The van der Waals surface area contributed by atoms with E-state index < -0.39 is 0 Å². The molecule has 0 amide bonds. The molecule has 6 nitrogen and oxygen atoms in total. The Hall–Kier alpha value is -2.75. The lowest BCUT2D eigenvalue weighted by Gasteiger charge is -2.29. The summed E-state index contributed by atoms with van der Waals surface area (Å²) in [5.41, 5.74) is 3.06. The first-order chi connectivity index (χ1) is 14.0. The summed E-state index contributed by atoms with van der Waals surface area (Å²) >= 11 is 6.28. The molecule has 1 saturated heterocycles. The molecule has 0 N–H and O–H groups in total. The van der Waals surface area contributed by atoms with Gasteiger partial charge >= 0.3 is 5.69 Å². The number of hydrogen-bond acceptors (Lipinski definition) is 4. The van der Waals surface area contributed by atoms with Gasteiger partial charge in [-0.15, -0.1) is 0 Å². The summed E-state index contributed by atoms with van der Waals surface area (Å²) in [6.07, 6.45) is 1.87. The van der Waals surface area contributed by atoms with Crippen LogP contribution in [0.15, 0.2) is 41.2 Å². The molecule has 1 fully saturated rings. The van der Waals surface area contributed by atoms with Crippen LogP contribution >= 0.6 is 11.6 Å². The number of likely N-dealkylation sites (tertiary alicyclic amines) is 1. The van der Waals surface area contributed by atoms with Gasteiger partial charge in [0.2, 0.25) is 0 Å². The van der Waals surface area contributed by atoms with Gasteiger partial charge < -0.3 is 9.64 Å². The van der Waals surface area contributed by atoms with E-state index in [-0.39, 0.29) is 11.7 Å². The van der Waals surface area contributed by atoms with E-state index in [1.165, 1.54) is 0 Å². The molecule has 1 aromatic heterocycles. The minimum atomic E-state index is -0.0448. The molecule has 4 rings (SSSR count). The molecule has 150 valence electrons. The fraction of sp³-hybridized carbons (Fsp3) is 0.364. The predicted molar refractivity (Wildman–Crippen MR) is 114 cm³/mol. The highest BCUT2D eigenvalue weighted by molar-refractivity contribution is 6.32. The monoisotopic (exact) mass is 410 g/mol. The summed E-state index contributed by atoms with van der Waals surface area (Å²) in [6.45, 7) is 2.32. The number of imidazole rings is 1. The molecule has 0 saturated carbocycles. The normalized spacial score (nSPS) is 15.5. The summed E-state index contributed by atoms with van der Waals surface area (Å²) in [4.78, 5) is 15.7. The molecule has 29 heavy (non-hydrogen) atoms. The largest absolute Gasteiger partial charge is 0.495 e. The molecule has 1 aliphatic heterocycles. The van der Waals surface area contributed by atoms with Crippen LogP contribution in [0.3, 0.4) is 0 Å². The third-order valence-electron chi connectivity index (χ3n) is 5.70. The van der Waals surface area contributed by atoms with Crippen molar-refractivity contribution in [2.45, 2.75) is 25.4 Å². The number of benzene rings is 2. The van der Waals surface area contributed by atoms with E-state index in [1.54, 1.807) is 29.9 Å². The van der Waals surface area contributed by atoms with Crippen LogP contribution in [0.5, 0.6) is 5.75 Å². The third-order valence-corrected chi connectivity index (χ3v) is 6.00. The molecule has 0 atom stereocenters. The second-order valence-electron chi connectivity index (χ2n) is 7.56. The number of aromatic nitrogens is 2. The van der Waals surface area contributed by atoms with Gasteiger partial charge in [0.05, 0.1) is 41.3 Å². The van der Waals surface area contributed by atoms with Crippen LogP contribution < -0.4 is 10.4 Å². The van der Waals surface area contributed by atoms with Gasteiger partial charge in [-0.2, -0.15) is 5.26 Å². The number of fused-ring (bicyclic) bond motifs is 1. The predicted octanol–water partition coefficient (Wildman–Crippen LogP) is 3.65. The van der Waals surface area contributed by atoms with E-state index in [0.717, 1.165) is 42.5 Å². The van der Waals surface area contributed by atoms with E-state index in [2.05, 4.69) is 18.0 Å². The standard InChI is InChI=1S/C22H23ClN4O2/c1-25-9-7-17(8-10-25)27-19-5-3-15(13-24)12-20(19)26(22(27)28)14-16-4-6-21(29-2)18(23)11-16/h3-6,11-12,17H,7-10,14H2,1-2H3. The van der Waals surface area contributed by atoms with E-state index in [4.69, 9.17) is 16.3 Å². The molecule has 1 aliphatic rings. The molecule has 0 aliphatic carbocycles. The first kappa shape index (κ1) is 19.6. The van der Waals surface area contributed by atoms with E-state index in [1.807, 2.05) is 22.8 Å². The zero-order valence-electron chi connectivity index (χ0n) is 16.6. The molecule has 0 spiro atoms. The maximum atomic E-state index is 13.5. The summed E-state index contributed by atoms with van der Waals surface area (Å²) in [5.74, 6) is 0.600. The third kappa shape index (κ3) is 3.64. The lowest BCUT2D eigenvalue weighted by molar-refractivity contribution is 0.221. The number of halogens is 1. The molecule has 0 unspecified atom stereocenters. The van der Waals surface area contributed by atoms with Crippen LogP contribution in [0.25, 0.3) is 11.0 Å². The first-order valence-electron chi connectivity index (χ1n) is 9.67. The van der Waals surface area contributed by atoms with Gasteiger partial charge in [0.25, 0.3) is 0 Å². The van der Waals surface area contributed by atoms with Crippen molar-refractivity contribution in [1.82, 2.24) is 14.0 Å². The quantitative estimate of drug-likeness (QED) is 0.658. The molecule has 2 aromatic carbocycles. The second kappa shape index (κ2) is 7.94. The molecule has 3 aromatic rings. The van der Waals surface area contributed by atoms with Crippen LogP contribution in [0.1, 0.15) is 30.0 Å². The summed E-state index contributed by atoms with van der Waals surface area (Å²) in [5, 5.41) is 9.85. The molecular formula is C22H23ClN4O2. The van der Waals surface area contributed by atoms with Crippen molar-refractivity contribution in [3.63, 3.8) is 0 Å². The van der Waals surface area contributed by atoms with Crippen LogP contribution in [0.2, 0.25) is 5.02 Å². The van der Waals surface area contributed by atoms with Gasteiger partial charge in [0, 0.05) is 6.04 Å². The SMILES string of the molecule is COc1ccc(Cn2c(=O)n(C3CCN(C)CC3)c3ccc(C#N)cc32)cc1Cl. The van der Waals surface area contributed by atoms with Crippen LogP contribution in [-0.4, -0.2) is 41.3 Å². The Balaban J connectivity index is 1.82. The average molecular weight is 411 g/mol. The Morgan fingerprint density at radius 1 is 1.17 bits per heavy atom. The highest BCUT2D eigenvalue weighted by atomic mass is 35.5. The van der Waals surface area contributed by atoms with Crippen LogP contribution in [-0.2, 0) is 6.54 Å². The molecule has 0 bridgehead atoms. The zero-order chi connectivity index (χ0) is 20.5. The number of rotatable bonds is 4. The molecule has 2 heterocycles. The number of piperidine rings is 1. The topological polar surface area (TPSA) is 63.2 Å². The van der Waals surface area contributed by atoms with Gasteiger partial charge in [0.1, 0.15) is 5.75 Å². The van der Waals surface area contributed by atoms with Crippen molar-refractivity contribution < 1.29 is 4.74 Å². The van der Waals surface area contributed by atoms with Gasteiger partial charge in [-0.1, -0.05) is 17.7 Å². The van der Waals surface area contributed by atoms with Gasteiger partial charge in [-0.25, -0.2) is 4.79 Å². The fourth-order valence-corrected chi connectivity index (χ4v) is 4.38. The van der Waals surface area contributed by atoms with E-state index in [9.17, 15) is 10.1 Å². The maximum Gasteiger partial charge on any atom is 0.329 e. The van der Waals surface area contributed by atoms with Crippen molar-refractivity contribution in [2.24, 2.45) is 0 Å². The highest BCUT2D eigenvalue weighted by Crippen LogP contribution is 2.28. The fourth-order valence-electron chi connectivity index (χ4n) is 4.10. The number of nitrogens with zero attached hydrogens (tertiary/aromatic N) is 4. The summed E-state index contributed by atoms with van der Waals surface area (Å²) in [7, 11) is 3.68. The summed E-state index contributed by atoms with van der Waals surface area (Å²) in [6, 6.07) is 13.3. The van der Waals surface area contributed by atoms with Crippen molar-refractivity contribution >= 4 is 22.6 Å². The minimum Gasteiger partial charge on any atom is -0.495 e. The van der Waals surface area contributed by atoms with Crippen molar-refractivity contribution in [1.29, 1.82) is 5.26 Å². The molecule has 0 radical (unpaired) electrons. The smallest absolute Gasteiger partial charge is 0.329 e. The number of methoxy groups -OCH3 is 1. The molecular weight excluding hydrogens is 388 g/mol. The number of ether oxygens (including phenoxy) is 1. The van der Waals surface area contributed by atoms with Crippen molar-refractivity contribution in [2.75, 3.05) is 27.2 Å². The Kier molecular flexibility index (Phi) is 5.35. The van der Waals surface area contributed by atoms with E-state index in [0.29, 0.717) is 22.9 Å². The Morgan fingerprint density at radius 2 is 1.93 bits per heavy atom. The second-order valence-corrected chi connectivity index (χ2v) is 7.96. The van der Waals surface area contributed by atoms with Gasteiger partial charge in [0.15, 0.2) is 0 Å².